The molecule has 0 radical (unpaired) electrons. The Morgan fingerprint density at radius 1 is 1.59 bits per heavy atom. The molecule has 1 aromatic rings. The number of hydrogen-bond donors (Lipinski definition) is 1. The Morgan fingerprint density at radius 3 is 3.00 bits per heavy atom. The van der Waals surface area contributed by atoms with Gasteiger partial charge in [-0.25, -0.2) is 4.98 Å². The van der Waals surface area contributed by atoms with E-state index >= 15 is 0 Å². The molecule has 1 aliphatic heterocycles. The van der Waals surface area contributed by atoms with Crippen LogP contribution in [-0.4, -0.2) is 36.2 Å². The first-order valence-corrected chi connectivity index (χ1v) is 6.06. The highest BCUT2D eigenvalue weighted by atomic mass is 35.5. The number of aromatic nitrogens is 2. The van der Waals surface area contributed by atoms with Gasteiger partial charge in [-0.05, 0) is 12.3 Å². The second kappa shape index (κ2) is 5.06. The fraction of sp³-hybridized carbons (Fsp3) is 0.636. The molecule has 2 unspecified atom stereocenters. The van der Waals surface area contributed by atoms with E-state index in [-0.39, 0.29) is 6.04 Å². The molecule has 1 aliphatic rings. The lowest BCUT2D eigenvalue weighted by molar-refractivity contribution is 0.368. The van der Waals surface area contributed by atoms with E-state index in [1.807, 2.05) is 0 Å². The van der Waals surface area contributed by atoms with Gasteiger partial charge in [0.2, 0.25) is 0 Å². The van der Waals surface area contributed by atoms with Gasteiger partial charge in [-0.2, -0.15) is 4.98 Å². The van der Waals surface area contributed by atoms with Gasteiger partial charge in [0.15, 0.2) is 5.82 Å². The van der Waals surface area contributed by atoms with Crippen LogP contribution in [0, 0.1) is 5.92 Å². The summed E-state index contributed by atoms with van der Waals surface area (Å²) in [6.45, 7) is 3.85. The van der Waals surface area contributed by atoms with E-state index in [1.165, 1.54) is 7.11 Å². The fourth-order valence-electron chi connectivity index (χ4n) is 1.95. The molecular formula is C11H17ClN4O. The van der Waals surface area contributed by atoms with E-state index in [2.05, 4.69) is 21.8 Å². The smallest absolute Gasteiger partial charge is 0.318 e. The summed E-state index contributed by atoms with van der Waals surface area (Å²) >= 11 is 6.11. The zero-order chi connectivity index (χ0) is 12.4. The third-order valence-electron chi connectivity index (χ3n) is 3.20. The van der Waals surface area contributed by atoms with Gasteiger partial charge in [0, 0.05) is 19.1 Å². The van der Waals surface area contributed by atoms with Gasteiger partial charge in [-0.3, -0.25) is 0 Å². The maximum Gasteiger partial charge on any atom is 0.318 e. The predicted molar refractivity (Wildman–Crippen MR) is 67.6 cm³/mol. The highest BCUT2D eigenvalue weighted by molar-refractivity contribution is 6.32. The Kier molecular flexibility index (Phi) is 3.69. The van der Waals surface area contributed by atoms with Crippen LogP contribution < -0.4 is 15.4 Å². The molecule has 2 heterocycles. The van der Waals surface area contributed by atoms with Crippen LogP contribution in [0.4, 0.5) is 5.82 Å². The first-order chi connectivity index (χ1) is 8.11. The average Bonchev–Trinajstić information content (AvgIpc) is 2.33. The van der Waals surface area contributed by atoms with Crippen LogP contribution in [0.2, 0.25) is 5.02 Å². The summed E-state index contributed by atoms with van der Waals surface area (Å²) in [6.07, 6.45) is 2.61. The van der Waals surface area contributed by atoms with E-state index in [9.17, 15) is 0 Å². The summed E-state index contributed by atoms with van der Waals surface area (Å²) in [4.78, 5) is 10.3. The third-order valence-corrected chi connectivity index (χ3v) is 3.47. The van der Waals surface area contributed by atoms with Crippen molar-refractivity contribution in [2.24, 2.45) is 11.7 Å². The van der Waals surface area contributed by atoms with E-state index in [0.29, 0.717) is 22.8 Å². The van der Waals surface area contributed by atoms with Crippen LogP contribution in [0.3, 0.4) is 0 Å². The molecule has 0 amide bonds. The van der Waals surface area contributed by atoms with Crippen molar-refractivity contribution in [3.8, 4) is 6.01 Å². The Hall–Kier alpha value is -1.07. The number of hydrogen-bond acceptors (Lipinski definition) is 5. The van der Waals surface area contributed by atoms with E-state index in [0.717, 1.165) is 19.5 Å². The van der Waals surface area contributed by atoms with Crippen molar-refractivity contribution in [2.45, 2.75) is 19.4 Å². The standard InChI is InChI=1S/C11H17ClN4O/c1-7-3-4-16(6-9(7)13)10-8(12)5-14-11(15-10)17-2/h5,7,9H,3-4,6,13H2,1-2H3. The molecule has 6 heteroatoms. The molecule has 1 fully saturated rings. The van der Waals surface area contributed by atoms with Crippen molar-refractivity contribution in [3.05, 3.63) is 11.2 Å². The quantitative estimate of drug-likeness (QED) is 0.865. The molecule has 94 valence electrons. The Bertz CT molecular complexity index is 401. The van der Waals surface area contributed by atoms with Crippen LogP contribution in [0.25, 0.3) is 0 Å². The first-order valence-electron chi connectivity index (χ1n) is 5.69. The summed E-state index contributed by atoms with van der Waals surface area (Å²) in [6, 6.07) is 0.484. The lowest BCUT2D eigenvalue weighted by Crippen LogP contribution is -2.48. The van der Waals surface area contributed by atoms with Crippen LogP contribution in [0.5, 0.6) is 6.01 Å². The summed E-state index contributed by atoms with van der Waals surface area (Å²) in [5.74, 6) is 1.25. The average molecular weight is 257 g/mol. The first kappa shape index (κ1) is 12.4. The zero-order valence-corrected chi connectivity index (χ0v) is 10.8. The number of nitrogens with zero attached hydrogens (tertiary/aromatic N) is 3. The number of piperidine rings is 1. The summed E-state index contributed by atoms with van der Waals surface area (Å²) in [5, 5.41) is 0.535. The molecule has 1 saturated heterocycles. The van der Waals surface area contributed by atoms with Gasteiger partial charge in [-0.15, -0.1) is 0 Å². The van der Waals surface area contributed by atoms with E-state index in [4.69, 9.17) is 22.1 Å². The molecule has 17 heavy (non-hydrogen) atoms. The summed E-state index contributed by atoms with van der Waals surface area (Å²) in [5.41, 5.74) is 6.07. The third kappa shape index (κ3) is 2.61. The topological polar surface area (TPSA) is 64.3 Å². The molecule has 0 saturated carbocycles. The van der Waals surface area contributed by atoms with Crippen molar-refractivity contribution >= 4 is 17.4 Å². The van der Waals surface area contributed by atoms with E-state index < -0.39 is 0 Å². The number of ether oxygens (including phenoxy) is 1. The minimum atomic E-state index is 0.153. The number of rotatable bonds is 2. The van der Waals surface area contributed by atoms with Gasteiger partial charge in [0.05, 0.1) is 13.3 Å². The molecular weight excluding hydrogens is 240 g/mol. The SMILES string of the molecule is COc1ncc(Cl)c(N2CCC(C)C(N)C2)n1. The molecule has 0 bridgehead atoms. The minimum absolute atomic E-state index is 0.153. The molecule has 2 rings (SSSR count). The second-order valence-corrected chi connectivity index (χ2v) is 4.81. The van der Waals surface area contributed by atoms with Crippen LogP contribution in [-0.2, 0) is 0 Å². The zero-order valence-electron chi connectivity index (χ0n) is 10.1. The molecule has 2 N–H and O–H groups in total. The molecule has 0 aliphatic carbocycles. The maximum atomic E-state index is 6.11. The Morgan fingerprint density at radius 2 is 2.35 bits per heavy atom. The lowest BCUT2D eigenvalue weighted by Gasteiger charge is -2.36. The summed E-state index contributed by atoms with van der Waals surface area (Å²) < 4.78 is 5.01. The number of nitrogens with two attached hydrogens (primary N) is 1. The Labute approximate surface area is 106 Å². The van der Waals surface area contributed by atoms with Crippen LogP contribution in [0.15, 0.2) is 6.20 Å². The van der Waals surface area contributed by atoms with Crippen molar-refractivity contribution in [1.29, 1.82) is 0 Å². The molecule has 0 aromatic carbocycles. The van der Waals surface area contributed by atoms with Crippen LogP contribution in [0.1, 0.15) is 13.3 Å². The van der Waals surface area contributed by atoms with Gasteiger partial charge in [-0.1, -0.05) is 18.5 Å². The van der Waals surface area contributed by atoms with Gasteiger partial charge >= 0.3 is 6.01 Å². The second-order valence-electron chi connectivity index (χ2n) is 4.40. The summed E-state index contributed by atoms with van der Waals surface area (Å²) in [7, 11) is 1.54. The van der Waals surface area contributed by atoms with Crippen molar-refractivity contribution in [2.75, 3.05) is 25.1 Å². The predicted octanol–water partition coefficient (Wildman–Crippen LogP) is 1.31. The Balaban J connectivity index is 2.21. The molecule has 5 nitrogen and oxygen atoms in total. The number of anilines is 1. The fourth-order valence-corrected chi connectivity index (χ4v) is 2.16. The van der Waals surface area contributed by atoms with Gasteiger partial charge in [0.1, 0.15) is 5.02 Å². The highest BCUT2D eigenvalue weighted by Crippen LogP contribution is 2.28. The van der Waals surface area contributed by atoms with Gasteiger partial charge in [0.25, 0.3) is 0 Å². The minimum Gasteiger partial charge on any atom is -0.467 e. The molecule has 1 aromatic heterocycles. The van der Waals surface area contributed by atoms with Crippen molar-refractivity contribution < 1.29 is 4.74 Å². The van der Waals surface area contributed by atoms with Crippen molar-refractivity contribution in [3.63, 3.8) is 0 Å². The number of halogens is 1. The number of methoxy groups -OCH3 is 1. The normalized spacial score (nSPS) is 24.8. The van der Waals surface area contributed by atoms with Crippen LogP contribution >= 0.6 is 11.6 Å². The lowest BCUT2D eigenvalue weighted by atomic mass is 9.94. The largest absolute Gasteiger partial charge is 0.467 e. The van der Waals surface area contributed by atoms with E-state index in [1.54, 1.807) is 6.20 Å². The monoisotopic (exact) mass is 256 g/mol. The maximum absolute atomic E-state index is 6.11. The molecule has 2 atom stereocenters. The van der Waals surface area contributed by atoms with Crippen molar-refractivity contribution in [1.82, 2.24) is 9.97 Å². The van der Waals surface area contributed by atoms with Gasteiger partial charge < -0.3 is 15.4 Å². The highest BCUT2D eigenvalue weighted by Gasteiger charge is 2.25. The molecule has 0 spiro atoms.